The van der Waals surface area contributed by atoms with Crippen LogP contribution in [0, 0.1) is 0 Å². The number of rotatable bonds is 24. The Morgan fingerprint density at radius 1 is 0.658 bits per heavy atom. The monoisotopic (exact) mass is 535 g/mol. The lowest BCUT2D eigenvalue weighted by Crippen LogP contribution is -2.39. The molecule has 4 N–H and O–H groups in total. The first-order valence-electron chi connectivity index (χ1n) is 15.4. The Hall–Kier alpha value is -2.08. The van der Waals surface area contributed by atoms with E-state index in [9.17, 15) is 9.59 Å². The van der Waals surface area contributed by atoms with Gasteiger partial charge in [0, 0.05) is 6.42 Å². The topological polar surface area (TPSA) is 107 Å². The minimum Gasteiger partial charge on any atom is -0.508 e. The van der Waals surface area contributed by atoms with Crippen LogP contribution in [0.4, 0.5) is 0 Å². The number of hydrogen-bond donors (Lipinski definition) is 4. The minimum absolute atomic E-state index is 0.196. The predicted molar refractivity (Wildman–Crippen MR) is 158 cm³/mol. The molecule has 0 aliphatic carbocycles. The smallest absolute Gasteiger partial charge is 0.321 e. The van der Waals surface area contributed by atoms with Crippen LogP contribution in [0.25, 0.3) is 0 Å². The van der Waals surface area contributed by atoms with Crippen LogP contribution in [-0.2, 0) is 16.0 Å². The van der Waals surface area contributed by atoms with Gasteiger partial charge in [0.1, 0.15) is 11.8 Å². The van der Waals surface area contributed by atoms with Crippen molar-refractivity contribution in [1.29, 1.82) is 0 Å². The SMILES string of the molecule is CCCCCCCCCCCCCCCCCC(=O)O.CCCCCNC(Cc1ccc(O)cc1)C(=O)O. The average Bonchev–Trinajstić information content (AvgIpc) is 2.89. The van der Waals surface area contributed by atoms with E-state index in [0.29, 0.717) is 12.8 Å². The quantitative estimate of drug-likeness (QED) is 0.0989. The zero-order valence-electron chi connectivity index (χ0n) is 24.4. The second-order valence-electron chi connectivity index (χ2n) is 10.5. The second kappa shape index (κ2) is 26.5. The van der Waals surface area contributed by atoms with Crippen LogP contribution >= 0.6 is 0 Å². The van der Waals surface area contributed by atoms with Gasteiger partial charge in [-0.1, -0.05) is 129 Å². The van der Waals surface area contributed by atoms with Gasteiger partial charge in [-0.05, 0) is 43.5 Å². The molecule has 6 heteroatoms. The number of nitrogens with one attached hydrogen (secondary N) is 1. The van der Waals surface area contributed by atoms with Gasteiger partial charge in [0.25, 0.3) is 0 Å². The van der Waals surface area contributed by atoms with E-state index in [1.54, 1.807) is 24.3 Å². The molecule has 0 saturated heterocycles. The summed E-state index contributed by atoms with van der Waals surface area (Å²) in [4.78, 5) is 21.5. The molecule has 220 valence electrons. The van der Waals surface area contributed by atoms with Crippen LogP contribution in [0.5, 0.6) is 5.75 Å². The maximum absolute atomic E-state index is 11.1. The molecule has 0 aromatic heterocycles. The van der Waals surface area contributed by atoms with Gasteiger partial charge in [-0.15, -0.1) is 0 Å². The minimum atomic E-state index is -0.834. The molecule has 6 nitrogen and oxygen atoms in total. The fourth-order valence-corrected chi connectivity index (χ4v) is 4.41. The van der Waals surface area contributed by atoms with Crippen LogP contribution < -0.4 is 5.32 Å². The summed E-state index contributed by atoms with van der Waals surface area (Å²) in [7, 11) is 0. The number of phenolic OH excluding ortho intramolecular Hbond substituents is 1. The summed E-state index contributed by atoms with van der Waals surface area (Å²) in [5.74, 6) is -1.29. The molecule has 0 radical (unpaired) electrons. The Morgan fingerprint density at radius 2 is 1.08 bits per heavy atom. The molecule has 0 aliphatic heterocycles. The molecule has 0 aliphatic rings. The Morgan fingerprint density at radius 3 is 1.50 bits per heavy atom. The highest BCUT2D eigenvalue weighted by atomic mass is 16.4. The maximum atomic E-state index is 11.1. The molecule has 1 aromatic carbocycles. The van der Waals surface area contributed by atoms with Crippen LogP contribution in [-0.4, -0.2) is 39.8 Å². The number of phenols is 1. The summed E-state index contributed by atoms with van der Waals surface area (Å²) in [5, 5.41) is 29.9. The van der Waals surface area contributed by atoms with Gasteiger partial charge in [0.05, 0.1) is 0 Å². The van der Waals surface area contributed by atoms with E-state index in [1.807, 2.05) is 0 Å². The summed E-state index contributed by atoms with van der Waals surface area (Å²) < 4.78 is 0. The molecule has 0 bridgehead atoms. The first kappa shape index (κ1) is 35.9. The third-order valence-electron chi connectivity index (χ3n) is 6.84. The van der Waals surface area contributed by atoms with Crippen LogP contribution in [0.15, 0.2) is 24.3 Å². The maximum Gasteiger partial charge on any atom is 0.321 e. The standard InChI is InChI=1S/C18H36O2.C14H21NO3/c1-2-3-4-5-6-7-8-9-10-11-12-13-14-15-16-17-18(19)20;1-2-3-4-9-15-13(14(17)18)10-11-5-7-12(16)8-6-11/h2-17H2,1H3,(H,19,20);5-8,13,15-16H,2-4,9-10H2,1H3,(H,17,18). The van der Waals surface area contributed by atoms with Crippen molar-refractivity contribution in [2.45, 2.75) is 148 Å². The lowest BCUT2D eigenvalue weighted by Gasteiger charge is -2.14. The lowest BCUT2D eigenvalue weighted by atomic mass is 10.0. The van der Waals surface area contributed by atoms with Crippen molar-refractivity contribution in [2.75, 3.05) is 6.54 Å². The lowest BCUT2D eigenvalue weighted by molar-refractivity contribution is -0.139. The molecule has 0 amide bonds. The number of aromatic hydroxyl groups is 1. The molecule has 1 atom stereocenters. The van der Waals surface area contributed by atoms with E-state index < -0.39 is 18.0 Å². The second-order valence-corrected chi connectivity index (χ2v) is 10.5. The molecular weight excluding hydrogens is 478 g/mol. The molecule has 38 heavy (non-hydrogen) atoms. The Bertz CT molecular complexity index is 677. The third kappa shape index (κ3) is 24.3. The van der Waals surface area contributed by atoms with Crippen molar-refractivity contribution in [3.63, 3.8) is 0 Å². The number of benzene rings is 1. The van der Waals surface area contributed by atoms with Crippen LogP contribution in [0.1, 0.15) is 141 Å². The Labute approximate surface area is 232 Å². The summed E-state index contributed by atoms with van der Waals surface area (Å²) in [5.41, 5.74) is 0.906. The number of carbonyl (C=O) groups is 2. The molecule has 1 unspecified atom stereocenters. The molecule has 0 heterocycles. The van der Waals surface area contributed by atoms with E-state index in [4.69, 9.17) is 15.3 Å². The Balaban J connectivity index is 0.000000724. The fraction of sp³-hybridized carbons (Fsp3) is 0.750. The fourth-order valence-electron chi connectivity index (χ4n) is 4.41. The first-order valence-corrected chi connectivity index (χ1v) is 15.4. The average molecular weight is 536 g/mol. The van der Waals surface area contributed by atoms with E-state index in [2.05, 4.69) is 19.2 Å². The van der Waals surface area contributed by atoms with Crippen molar-refractivity contribution >= 4 is 11.9 Å². The van der Waals surface area contributed by atoms with E-state index >= 15 is 0 Å². The van der Waals surface area contributed by atoms with Crippen molar-refractivity contribution in [1.82, 2.24) is 5.32 Å². The molecular formula is C32H57NO5. The molecule has 1 aromatic rings. The number of aliphatic carboxylic acids is 2. The van der Waals surface area contributed by atoms with Gasteiger partial charge in [-0.2, -0.15) is 0 Å². The largest absolute Gasteiger partial charge is 0.508 e. The zero-order valence-corrected chi connectivity index (χ0v) is 24.4. The van der Waals surface area contributed by atoms with Gasteiger partial charge in [-0.25, -0.2) is 0 Å². The normalized spacial score (nSPS) is 11.5. The van der Waals surface area contributed by atoms with E-state index in [-0.39, 0.29) is 5.75 Å². The Kier molecular flexibility index (Phi) is 25.1. The number of hydrogen-bond acceptors (Lipinski definition) is 4. The van der Waals surface area contributed by atoms with Gasteiger partial charge < -0.3 is 20.6 Å². The summed E-state index contributed by atoms with van der Waals surface area (Å²) >= 11 is 0. The number of carboxylic acids is 2. The number of carboxylic acid groups (broad SMARTS) is 2. The number of unbranched alkanes of at least 4 members (excludes halogenated alkanes) is 16. The van der Waals surface area contributed by atoms with Crippen molar-refractivity contribution in [2.24, 2.45) is 0 Å². The molecule has 0 spiro atoms. The van der Waals surface area contributed by atoms with Gasteiger partial charge >= 0.3 is 11.9 Å². The molecule has 1 rings (SSSR count). The summed E-state index contributed by atoms with van der Waals surface area (Å²) in [6, 6.07) is 6.08. The first-order chi connectivity index (χ1) is 18.4. The van der Waals surface area contributed by atoms with E-state index in [1.165, 1.54) is 83.5 Å². The summed E-state index contributed by atoms with van der Waals surface area (Å²) in [6.07, 6.45) is 23.9. The van der Waals surface area contributed by atoms with Crippen molar-refractivity contribution < 1.29 is 24.9 Å². The van der Waals surface area contributed by atoms with Crippen molar-refractivity contribution in [3.05, 3.63) is 29.8 Å². The van der Waals surface area contributed by atoms with Crippen molar-refractivity contribution in [3.8, 4) is 5.75 Å². The van der Waals surface area contributed by atoms with Gasteiger partial charge in [-0.3, -0.25) is 9.59 Å². The molecule has 0 saturated carbocycles. The predicted octanol–water partition coefficient (Wildman–Crippen LogP) is 8.50. The molecule has 0 fully saturated rings. The van der Waals surface area contributed by atoms with Gasteiger partial charge in [0.2, 0.25) is 0 Å². The van der Waals surface area contributed by atoms with Gasteiger partial charge in [0.15, 0.2) is 0 Å². The highest BCUT2D eigenvalue weighted by molar-refractivity contribution is 5.73. The van der Waals surface area contributed by atoms with Crippen LogP contribution in [0.3, 0.4) is 0 Å². The highest BCUT2D eigenvalue weighted by Gasteiger charge is 2.16. The zero-order chi connectivity index (χ0) is 28.3. The highest BCUT2D eigenvalue weighted by Crippen LogP contribution is 2.14. The van der Waals surface area contributed by atoms with Crippen LogP contribution in [0.2, 0.25) is 0 Å². The summed E-state index contributed by atoms with van der Waals surface area (Å²) in [6.45, 7) is 5.11. The third-order valence-corrected chi connectivity index (χ3v) is 6.84. The van der Waals surface area contributed by atoms with E-state index in [0.717, 1.165) is 44.2 Å².